The lowest BCUT2D eigenvalue weighted by molar-refractivity contribution is 0.0444. The highest BCUT2D eigenvalue weighted by atomic mass is 16.6. The van der Waals surface area contributed by atoms with Crippen molar-refractivity contribution < 1.29 is 14.3 Å². The van der Waals surface area contributed by atoms with Crippen LogP contribution in [0.5, 0.6) is 0 Å². The lowest BCUT2D eigenvalue weighted by atomic mass is 10.1. The van der Waals surface area contributed by atoms with Crippen LogP contribution in [0.25, 0.3) is 0 Å². The molecule has 0 N–H and O–H groups in total. The molecule has 0 spiro atoms. The number of fused-ring (bicyclic) bond motifs is 1. The molecule has 23 heavy (non-hydrogen) atoms. The maximum Gasteiger partial charge on any atom is 0.346 e. The molecule has 3 heteroatoms. The van der Waals surface area contributed by atoms with Crippen molar-refractivity contribution in [2.45, 2.75) is 27.7 Å². The van der Waals surface area contributed by atoms with Crippen LogP contribution in [0, 0.1) is 11.8 Å². The number of ether oxygens (including phenoxy) is 1. The number of esters is 2. The highest BCUT2D eigenvalue weighted by Crippen LogP contribution is 2.18. The van der Waals surface area contributed by atoms with Gasteiger partial charge in [0.2, 0.25) is 0 Å². The molecule has 2 aromatic rings. The topological polar surface area (TPSA) is 43.4 Å². The predicted molar refractivity (Wildman–Crippen MR) is 93.1 cm³/mol. The molecule has 3 nitrogen and oxygen atoms in total. The molecule has 0 bridgehead atoms. The van der Waals surface area contributed by atoms with Crippen LogP contribution in [0.15, 0.2) is 60.7 Å². The van der Waals surface area contributed by atoms with E-state index in [-0.39, 0.29) is 0 Å². The van der Waals surface area contributed by atoms with Crippen molar-refractivity contribution in [3.05, 3.63) is 71.8 Å². The van der Waals surface area contributed by atoms with Crippen molar-refractivity contribution in [2.75, 3.05) is 0 Å². The Labute approximate surface area is 138 Å². The lowest BCUT2D eigenvalue weighted by Gasteiger charge is -1.86. The average molecular weight is 310 g/mol. The molecular weight excluding hydrogens is 288 g/mol. The van der Waals surface area contributed by atoms with Crippen LogP contribution < -0.4 is 0 Å². The molecule has 2 aromatic carbocycles. The van der Waals surface area contributed by atoms with Gasteiger partial charge >= 0.3 is 11.9 Å². The molecule has 0 saturated heterocycles. The lowest BCUT2D eigenvalue weighted by Crippen LogP contribution is -1.96. The normalized spacial score (nSPS) is 9.91. The van der Waals surface area contributed by atoms with Crippen molar-refractivity contribution >= 4 is 11.9 Å². The third-order valence-electron chi connectivity index (χ3n) is 2.47. The molecule has 1 aliphatic rings. The number of benzene rings is 2. The summed E-state index contributed by atoms with van der Waals surface area (Å²) < 4.78 is 4.35. The highest BCUT2D eigenvalue weighted by Gasteiger charge is 2.28. The largest absolute Gasteiger partial charge is 0.386 e. The molecule has 1 heterocycles. The minimum atomic E-state index is -0.550. The molecular formula is C20H22O3. The van der Waals surface area contributed by atoms with Gasteiger partial charge in [-0.3, -0.25) is 0 Å². The number of hydrogen-bond acceptors (Lipinski definition) is 3. The number of hydrogen-bond donors (Lipinski definition) is 0. The van der Waals surface area contributed by atoms with Gasteiger partial charge in [0.25, 0.3) is 0 Å². The molecule has 0 amide bonds. The van der Waals surface area contributed by atoms with E-state index in [1.165, 1.54) is 0 Å². The maximum absolute atomic E-state index is 10.8. The van der Waals surface area contributed by atoms with E-state index in [0.29, 0.717) is 11.1 Å². The summed E-state index contributed by atoms with van der Waals surface area (Å²) in [5.74, 6) is 4.26. The number of cyclic esters (lactones) is 2. The fourth-order valence-electron chi connectivity index (χ4n) is 1.42. The van der Waals surface area contributed by atoms with Crippen LogP contribution in [-0.4, -0.2) is 11.9 Å². The molecule has 1 aliphatic heterocycles. The Kier molecular flexibility index (Phi) is 11.3. The van der Waals surface area contributed by atoms with Gasteiger partial charge in [0.1, 0.15) is 0 Å². The van der Waals surface area contributed by atoms with Gasteiger partial charge in [-0.1, -0.05) is 62.4 Å². The fraction of sp³-hybridized carbons (Fsp3) is 0.200. The Morgan fingerprint density at radius 3 is 1.22 bits per heavy atom. The van der Waals surface area contributed by atoms with E-state index in [4.69, 9.17) is 0 Å². The molecule has 0 aliphatic carbocycles. The second-order valence-corrected chi connectivity index (χ2v) is 3.88. The first-order chi connectivity index (χ1) is 11.2. The van der Waals surface area contributed by atoms with Gasteiger partial charge in [-0.25, -0.2) is 9.59 Å². The monoisotopic (exact) mass is 310 g/mol. The highest BCUT2D eigenvalue weighted by molar-refractivity contribution is 6.14. The van der Waals surface area contributed by atoms with Crippen LogP contribution in [-0.2, 0) is 4.74 Å². The molecule has 0 radical (unpaired) electrons. The number of carbonyl (C=O) groups excluding carboxylic acids is 2. The first kappa shape index (κ1) is 20.1. The summed E-state index contributed by atoms with van der Waals surface area (Å²) in [5.41, 5.74) is 0.718. The Balaban J connectivity index is 0.000000343. The predicted octanol–water partition coefficient (Wildman–Crippen LogP) is 4.74. The second kappa shape index (κ2) is 12.8. The van der Waals surface area contributed by atoms with Gasteiger partial charge in [0.05, 0.1) is 11.1 Å². The molecule has 0 aromatic heterocycles. The first-order valence-electron chi connectivity index (χ1n) is 7.39. The number of rotatable bonds is 0. The molecule has 0 fully saturated rings. The van der Waals surface area contributed by atoms with E-state index < -0.39 is 11.9 Å². The Bertz CT molecular complexity index is 584. The Morgan fingerprint density at radius 1 is 0.652 bits per heavy atom. The zero-order valence-electron chi connectivity index (χ0n) is 14.0. The van der Waals surface area contributed by atoms with Gasteiger partial charge in [-0.15, -0.1) is 11.8 Å². The standard InChI is InChI=1S/C8H4O3.C6H6.C4H6.C2H6/c9-7-5-3-1-2-4-6(5)8(10)11-7;1-2-4-6-5-3-1;1-3-4-2;1-2/h1-4H;1-6H;1-2H3;1-2H3. The third kappa shape index (κ3) is 7.63. The van der Waals surface area contributed by atoms with Gasteiger partial charge in [-0.2, -0.15) is 0 Å². The molecule has 0 unspecified atom stereocenters. The van der Waals surface area contributed by atoms with Crippen LogP contribution >= 0.6 is 0 Å². The molecule has 120 valence electrons. The molecule has 3 rings (SSSR count). The molecule has 0 atom stereocenters. The quantitative estimate of drug-likeness (QED) is 0.401. The average Bonchev–Trinajstić information content (AvgIpc) is 2.94. The van der Waals surface area contributed by atoms with Gasteiger partial charge < -0.3 is 4.74 Å². The SMILES string of the molecule is CC.CC#CC.O=C1OC(=O)c2ccccc21.c1ccccc1. The third-order valence-corrected chi connectivity index (χ3v) is 2.47. The summed E-state index contributed by atoms with van der Waals surface area (Å²) in [6.07, 6.45) is 0. The van der Waals surface area contributed by atoms with E-state index in [9.17, 15) is 9.59 Å². The van der Waals surface area contributed by atoms with Crippen LogP contribution in [0.3, 0.4) is 0 Å². The van der Waals surface area contributed by atoms with E-state index in [0.717, 1.165) is 0 Å². The van der Waals surface area contributed by atoms with Crippen LogP contribution in [0.4, 0.5) is 0 Å². The summed E-state index contributed by atoms with van der Waals surface area (Å²) in [4.78, 5) is 21.7. The van der Waals surface area contributed by atoms with Gasteiger partial charge in [0, 0.05) is 0 Å². The second-order valence-electron chi connectivity index (χ2n) is 3.88. The van der Waals surface area contributed by atoms with Crippen molar-refractivity contribution in [1.29, 1.82) is 0 Å². The minimum Gasteiger partial charge on any atom is -0.386 e. The first-order valence-corrected chi connectivity index (χ1v) is 7.39. The van der Waals surface area contributed by atoms with Gasteiger partial charge in [0.15, 0.2) is 0 Å². The zero-order chi connectivity index (χ0) is 17.5. The number of carbonyl (C=O) groups is 2. The summed E-state index contributed by atoms with van der Waals surface area (Å²) in [6.45, 7) is 7.64. The van der Waals surface area contributed by atoms with Crippen molar-refractivity contribution in [1.82, 2.24) is 0 Å². The van der Waals surface area contributed by atoms with Crippen LogP contribution in [0.2, 0.25) is 0 Å². The van der Waals surface area contributed by atoms with E-state index >= 15 is 0 Å². The Hall–Kier alpha value is -2.86. The summed E-state index contributed by atoms with van der Waals surface area (Å²) in [7, 11) is 0. The Morgan fingerprint density at radius 2 is 0.957 bits per heavy atom. The molecule has 0 saturated carbocycles. The van der Waals surface area contributed by atoms with Gasteiger partial charge in [-0.05, 0) is 26.0 Å². The fourth-order valence-corrected chi connectivity index (χ4v) is 1.42. The smallest absolute Gasteiger partial charge is 0.346 e. The van der Waals surface area contributed by atoms with Crippen molar-refractivity contribution in [2.24, 2.45) is 0 Å². The van der Waals surface area contributed by atoms with E-state index in [1.807, 2.05) is 64.1 Å². The summed E-state index contributed by atoms with van der Waals surface area (Å²) in [6, 6.07) is 18.5. The summed E-state index contributed by atoms with van der Waals surface area (Å²) in [5, 5.41) is 0. The van der Waals surface area contributed by atoms with Crippen molar-refractivity contribution in [3.63, 3.8) is 0 Å². The summed E-state index contributed by atoms with van der Waals surface area (Å²) >= 11 is 0. The van der Waals surface area contributed by atoms with Crippen LogP contribution in [0.1, 0.15) is 48.4 Å². The van der Waals surface area contributed by atoms with E-state index in [2.05, 4.69) is 16.6 Å². The van der Waals surface area contributed by atoms with E-state index in [1.54, 1.807) is 24.3 Å². The minimum absolute atomic E-state index is 0.359. The van der Waals surface area contributed by atoms with Crippen molar-refractivity contribution in [3.8, 4) is 11.8 Å². The zero-order valence-corrected chi connectivity index (χ0v) is 14.0. The maximum atomic E-state index is 10.8.